The first-order valence-corrected chi connectivity index (χ1v) is 9.82. The van der Waals surface area contributed by atoms with E-state index in [0.717, 1.165) is 55.7 Å². The van der Waals surface area contributed by atoms with Gasteiger partial charge in [0, 0.05) is 43.7 Å². The fourth-order valence-electron chi connectivity index (χ4n) is 4.43. The lowest BCUT2D eigenvalue weighted by molar-refractivity contribution is 0.172. The zero-order chi connectivity index (χ0) is 18.5. The minimum absolute atomic E-state index is 0.328. The number of benzene rings is 3. The SMILES string of the molecule is c1cc2c3c(cccc3c1)C(N1CCN(Cc3ccc4c(c3)OCO4)CC1)=N2. The topological polar surface area (TPSA) is 37.3 Å². The van der Waals surface area contributed by atoms with Crippen LogP contribution in [0.25, 0.3) is 10.8 Å². The number of aliphatic imine (C=N–C) groups is 1. The van der Waals surface area contributed by atoms with Crippen LogP contribution in [0.1, 0.15) is 11.1 Å². The van der Waals surface area contributed by atoms with Crippen molar-refractivity contribution < 1.29 is 9.47 Å². The number of rotatable bonds is 2. The van der Waals surface area contributed by atoms with Crippen LogP contribution in [0.3, 0.4) is 0 Å². The van der Waals surface area contributed by atoms with Crippen molar-refractivity contribution >= 4 is 22.3 Å². The summed E-state index contributed by atoms with van der Waals surface area (Å²) >= 11 is 0. The minimum Gasteiger partial charge on any atom is -0.454 e. The second-order valence-electron chi connectivity index (χ2n) is 7.57. The molecule has 0 aliphatic carbocycles. The first-order valence-electron chi connectivity index (χ1n) is 9.82. The third-order valence-electron chi connectivity index (χ3n) is 5.86. The van der Waals surface area contributed by atoms with E-state index in [0.29, 0.717) is 6.79 Å². The fourth-order valence-corrected chi connectivity index (χ4v) is 4.43. The fraction of sp³-hybridized carbons (Fsp3) is 0.261. The van der Waals surface area contributed by atoms with Crippen LogP contribution in [-0.2, 0) is 6.54 Å². The molecular formula is C23H21N3O2. The first-order chi connectivity index (χ1) is 13.8. The molecule has 0 atom stereocenters. The molecule has 28 heavy (non-hydrogen) atoms. The molecule has 5 heteroatoms. The van der Waals surface area contributed by atoms with Gasteiger partial charge in [-0.1, -0.05) is 36.4 Å². The Morgan fingerprint density at radius 2 is 1.68 bits per heavy atom. The molecule has 0 spiro atoms. The molecule has 5 nitrogen and oxygen atoms in total. The molecule has 3 aromatic carbocycles. The van der Waals surface area contributed by atoms with Crippen molar-refractivity contribution in [3.8, 4) is 11.5 Å². The highest BCUT2D eigenvalue weighted by Gasteiger charge is 2.26. The van der Waals surface area contributed by atoms with E-state index in [-0.39, 0.29) is 0 Å². The first kappa shape index (κ1) is 16.0. The molecule has 140 valence electrons. The summed E-state index contributed by atoms with van der Waals surface area (Å²) in [5.74, 6) is 2.85. The number of hydrogen-bond acceptors (Lipinski definition) is 5. The third-order valence-corrected chi connectivity index (χ3v) is 5.86. The molecule has 1 fully saturated rings. The van der Waals surface area contributed by atoms with E-state index in [9.17, 15) is 0 Å². The molecule has 1 saturated heterocycles. The Bertz CT molecular complexity index is 1090. The van der Waals surface area contributed by atoms with Gasteiger partial charge < -0.3 is 14.4 Å². The lowest BCUT2D eigenvalue weighted by Gasteiger charge is -2.36. The van der Waals surface area contributed by atoms with Gasteiger partial charge in [-0.15, -0.1) is 0 Å². The predicted octanol–water partition coefficient (Wildman–Crippen LogP) is 3.78. The molecule has 0 aromatic heterocycles. The van der Waals surface area contributed by atoms with Gasteiger partial charge in [-0.05, 0) is 29.1 Å². The van der Waals surface area contributed by atoms with Gasteiger partial charge in [-0.3, -0.25) is 4.90 Å². The van der Waals surface area contributed by atoms with Crippen LogP contribution in [0.15, 0.2) is 59.6 Å². The molecule has 3 aliphatic rings. The smallest absolute Gasteiger partial charge is 0.231 e. The van der Waals surface area contributed by atoms with Crippen molar-refractivity contribution in [1.29, 1.82) is 0 Å². The van der Waals surface area contributed by atoms with Crippen molar-refractivity contribution in [2.24, 2.45) is 4.99 Å². The highest BCUT2D eigenvalue weighted by Crippen LogP contribution is 2.36. The van der Waals surface area contributed by atoms with Gasteiger partial charge in [-0.2, -0.15) is 0 Å². The highest BCUT2D eigenvalue weighted by molar-refractivity contribution is 6.18. The normalized spacial score (nSPS) is 18.0. The molecule has 3 aliphatic heterocycles. The zero-order valence-electron chi connectivity index (χ0n) is 15.6. The van der Waals surface area contributed by atoms with Crippen molar-refractivity contribution in [1.82, 2.24) is 9.80 Å². The monoisotopic (exact) mass is 371 g/mol. The van der Waals surface area contributed by atoms with Crippen LogP contribution in [0, 0.1) is 0 Å². The molecule has 3 heterocycles. The van der Waals surface area contributed by atoms with E-state index in [1.54, 1.807) is 0 Å². The Hall–Kier alpha value is -3.05. The summed E-state index contributed by atoms with van der Waals surface area (Å²) < 4.78 is 10.9. The van der Waals surface area contributed by atoms with Crippen LogP contribution < -0.4 is 9.47 Å². The molecule has 0 radical (unpaired) electrons. The molecule has 0 N–H and O–H groups in total. The van der Waals surface area contributed by atoms with Crippen molar-refractivity contribution in [2.75, 3.05) is 33.0 Å². The van der Waals surface area contributed by atoms with E-state index >= 15 is 0 Å². The van der Waals surface area contributed by atoms with Crippen LogP contribution >= 0.6 is 0 Å². The molecule has 0 unspecified atom stereocenters. The molecule has 6 rings (SSSR count). The summed E-state index contributed by atoms with van der Waals surface area (Å²) in [6.45, 7) is 5.31. The van der Waals surface area contributed by atoms with E-state index in [2.05, 4.69) is 58.3 Å². The van der Waals surface area contributed by atoms with Crippen LogP contribution in [-0.4, -0.2) is 48.6 Å². The maximum absolute atomic E-state index is 5.51. The molecule has 0 bridgehead atoms. The summed E-state index contributed by atoms with van der Waals surface area (Å²) in [6.07, 6.45) is 0. The van der Waals surface area contributed by atoms with Gasteiger partial charge >= 0.3 is 0 Å². The Labute approximate surface area is 163 Å². The average molecular weight is 371 g/mol. The Balaban J connectivity index is 1.17. The molecule has 3 aromatic rings. The molecule has 0 saturated carbocycles. The second kappa shape index (κ2) is 6.24. The molecule has 0 amide bonds. The third kappa shape index (κ3) is 2.54. The Morgan fingerprint density at radius 1 is 0.857 bits per heavy atom. The minimum atomic E-state index is 0.328. The van der Waals surface area contributed by atoms with Gasteiger partial charge in [0.1, 0.15) is 5.84 Å². The lowest BCUT2D eigenvalue weighted by atomic mass is 10.0. The van der Waals surface area contributed by atoms with Crippen LogP contribution in [0.4, 0.5) is 5.69 Å². The van der Waals surface area contributed by atoms with E-state index in [1.165, 1.54) is 21.9 Å². The number of ether oxygens (including phenoxy) is 2. The van der Waals surface area contributed by atoms with Crippen molar-refractivity contribution in [3.05, 3.63) is 65.7 Å². The average Bonchev–Trinajstić information content (AvgIpc) is 3.35. The number of piperazine rings is 1. The van der Waals surface area contributed by atoms with Crippen molar-refractivity contribution in [3.63, 3.8) is 0 Å². The number of fused-ring (bicyclic) bond motifs is 1. The van der Waals surface area contributed by atoms with Gasteiger partial charge in [0.15, 0.2) is 11.5 Å². The second-order valence-corrected chi connectivity index (χ2v) is 7.57. The van der Waals surface area contributed by atoms with Crippen molar-refractivity contribution in [2.45, 2.75) is 6.54 Å². The van der Waals surface area contributed by atoms with Gasteiger partial charge in [0.25, 0.3) is 0 Å². The van der Waals surface area contributed by atoms with Gasteiger partial charge in [-0.25, -0.2) is 4.99 Å². The largest absolute Gasteiger partial charge is 0.454 e. The summed E-state index contributed by atoms with van der Waals surface area (Å²) in [7, 11) is 0. The summed E-state index contributed by atoms with van der Waals surface area (Å²) in [4.78, 5) is 9.89. The summed E-state index contributed by atoms with van der Waals surface area (Å²) in [5, 5.41) is 2.57. The zero-order valence-corrected chi connectivity index (χ0v) is 15.6. The Kier molecular flexibility index (Phi) is 3.56. The van der Waals surface area contributed by atoms with Crippen LogP contribution in [0.2, 0.25) is 0 Å². The number of amidine groups is 1. The predicted molar refractivity (Wildman–Crippen MR) is 110 cm³/mol. The highest BCUT2D eigenvalue weighted by atomic mass is 16.7. The maximum atomic E-state index is 5.51. The van der Waals surface area contributed by atoms with E-state index in [4.69, 9.17) is 14.5 Å². The maximum Gasteiger partial charge on any atom is 0.231 e. The Morgan fingerprint density at radius 3 is 2.57 bits per heavy atom. The van der Waals surface area contributed by atoms with Gasteiger partial charge in [0.2, 0.25) is 6.79 Å². The van der Waals surface area contributed by atoms with E-state index < -0.39 is 0 Å². The summed E-state index contributed by atoms with van der Waals surface area (Å²) in [6, 6.07) is 19.2. The van der Waals surface area contributed by atoms with E-state index in [1.807, 2.05) is 6.07 Å². The number of hydrogen-bond donors (Lipinski definition) is 0. The lowest BCUT2D eigenvalue weighted by Crippen LogP contribution is -2.48. The standard InChI is InChI=1S/C23H21N3O2/c1-3-17-4-2-6-19-22(17)18(5-1)23(24-19)26-11-9-25(10-12-26)14-16-7-8-20-21(13-16)28-15-27-20/h1-8,13H,9-12,14-15H2. The van der Waals surface area contributed by atoms with Crippen LogP contribution in [0.5, 0.6) is 11.5 Å². The number of nitrogens with zero attached hydrogens (tertiary/aromatic N) is 3. The quantitative estimate of drug-likeness (QED) is 0.687. The molecular weight excluding hydrogens is 350 g/mol. The summed E-state index contributed by atoms with van der Waals surface area (Å²) in [5.41, 5.74) is 3.65. The van der Waals surface area contributed by atoms with Gasteiger partial charge in [0.05, 0.1) is 5.69 Å².